The summed E-state index contributed by atoms with van der Waals surface area (Å²) in [6.45, 7) is 0. The molecule has 0 bridgehead atoms. The lowest BCUT2D eigenvalue weighted by molar-refractivity contribution is 0.436. The molecule has 9 aromatic carbocycles. The van der Waals surface area contributed by atoms with Gasteiger partial charge < -0.3 is 9.64 Å². The molecule has 1 heterocycles. The number of benzene rings is 9. The maximum Gasteiger partial charge on any atom is 0.132 e. The molecule has 0 saturated heterocycles. The first-order chi connectivity index (χ1) is 26.3. The van der Waals surface area contributed by atoms with E-state index >= 15 is 0 Å². The summed E-state index contributed by atoms with van der Waals surface area (Å²) < 4.78 is 6.62. The van der Waals surface area contributed by atoms with Crippen molar-refractivity contribution in [3.63, 3.8) is 0 Å². The molecular formula is C51H33NO. The summed E-state index contributed by atoms with van der Waals surface area (Å²) in [4.78, 5) is 2.41. The average molecular weight is 676 g/mol. The summed E-state index contributed by atoms with van der Waals surface area (Å²) in [5.41, 5.74) is 12.6. The molecule has 0 atom stereocenters. The van der Waals surface area contributed by atoms with Gasteiger partial charge in [0.25, 0.3) is 0 Å². The second-order valence-corrected chi connectivity index (χ2v) is 14.1. The summed E-state index contributed by atoms with van der Waals surface area (Å²) in [5, 5.41) is 4.99. The fourth-order valence-corrected chi connectivity index (χ4v) is 9.00. The highest BCUT2D eigenvalue weighted by atomic mass is 16.5. The lowest BCUT2D eigenvalue weighted by Crippen LogP contribution is -2.32. The van der Waals surface area contributed by atoms with Crippen LogP contribution in [-0.2, 0) is 5.41 Å². The van der Waals surface area contributed by atoms with E-state index in [1.54, 1.807) is 0 Å². The second kappa shape index (κ2) is 11.6. The Balaban J connectivity index is 1.16. The van der Waals surface area contributed by atoms with Crippen molar-refractivity contribution >= 4 is 38.6 Å². The minimum atomic E-state index is -0.543. The van der Waals surface area contributed by atoms with Crippen molar-refractivity contribution in [3.05, 3.63) is 222 Å². The quantitative estimate of drug-likeness (QED) is 0.172. The van der Waals surface area contributed by atoms with Gasteiger partial charge in [0.2, 0.25) is 0 Å². The predicted octanol–water partition coefficient (Wildman–Crippen LogP) is 13.6. The van der Waals surface area contributed by atoms with Crippen molar-refractivity contribution in [1.29, 1.82) is 0 Å². The van der Waals surface area contributed by atoms with Gasteiger partial charge in [-0.05, 0) is 103 Å². The molecule has 0 saturated carbocycles. The van der Waals surface area contributed by atoms with E-state index < -0.39 is 5.41 Å². The lowest BCUT2D eigenvalue weighted by Gasteiger charge is -2.39. The molecule has 1 spiro atoms. The van der Waals surface area contributed by atoms with Crippen LogP contribution < -0.4 is 9.64 Å². The van der Waals surface area contributed by atoms with Crippen LogP contribution >= 0.6 is 0 Å². The maximum atomic E-state index is 6.62. The fourth-order valence-electron chi connectivity index (χ4n) is 9.00. The average Bonchev–Trinajstić information content (AvgIpc) is 3.51. The van der Waals surface area contributed by atoms with Gasteiger partial charge in [0.05, 0.1) is 5.41 Å². The smallest absolute Gasteiger partial charge is 0.132 e. The molecule has 0 radical (unpaired) electrons. The Labute approximate surface area is 308 Å². The van der Waals surface area contributed by atoms with Crippen molar-refractivity contribution in [2.45, 2.75) is 5.41 Å². The Bertz CT molecular complexity index is 2830. The minimum Gasteiger partial charge on any atom is -0.457 e. The van der Waals surface area contributed by atoms with E-state index in [1.807, 2.05) is 0 Å². The molecule has 1 aliphatic carbocycles. The number of fused-ring (bicyclic) bond motifs is 12. The van der Waals surface area contributed by atoms with Crippen molar-refractivity contribution in [2.75, 3.05) is 4.90 Å². The third-order valence-electron chi connectivity index (χ3n) is 11.3. The van der Waals surface area contributed by atoms with Gasteiger partial charge in [0.15, 0.2) is 0 Å². The second-order valence-electron chi connectivity index (χ2n) is 14.1. The van der Waals surface area contributed by atoms with Crippen LogP contribution in [0.1, 0.15) is 22.3 Å². The van der Waals surface area contributed by atoms with Gasteiger partial charge in [0.1, 0.15) is 11.5 Å². The standard InChI is InChI=1S/C51H33NO/c1-2-12-34(13-3-1)35-24-26-38(27-25-35)52(39-28-30-42-37(32-39)23-22-36-14-4-5-15-41(36)42)40-29-31-44-43-16-6-7-17-45(43)51(48(44)33-40)46-18-8-10-20-49(46)53-50-21-11-9-19-47(50)51/h1-33H. The third kappa shape index (κ3) is 4.39. The predicted molar refractivity (Wildman–Crippen MR) is 219 cm³/mol. The van der Waals surface area contributed by atoms with Gasteiger partial charge >= 0.3 is 0 Å². The van der Waals surface area contributed by atoms with E-state index in [1.165, 1.54) is 66.1 Å². The summed E-state index contributed by atoms with van der Waals surface area (Å²) in [7, 11) is 0. The molecule has 0 aromatic heterocycles. The number of anilines is 3. The first kappa shape index (κ1) is 29.8. The van der Waals surface area contributed by atoms with Crippen LogP contribution in [0.15, 0.2) is 200 Å². The fraction of sp³-hybridized carbons (Fsp3) is 0.0196. The number of rotatable bonds is 4. The van der Waals surface area contributed by atoms with Crippen LogP contribution in [0.4, 0.5) is 17.1 Å². The molecule has 2 nitrogen and oxygen atoms in total. The highest BCUT2D eigenvalue weighted by molar-refractivity contribution is 6.08. The van der Waals surface area contributed by atoms with Crippen molar-refractivity contribution in [1.82, 2.24) is 0 Å². The first-order valence-electron chi connectivity index (χ1n) is 18.3. The van der Waals surface area contributed by atoms with E-state index in [2.05, 4.69) is 205 Å². The van der Waals surface area contributed by atoms with Crippen molar-refractivity contribution in [3.8, 4) is 33.8 Å². The maximum absolute atomic E-state index is 6.62. The Hall–Kier alpha value is -6.90. The molecule has 248 valence electrons. The molecule has 2 heteroatoms. The van der Waals surface area contributed by atoms with Crippen LogP contribution in [0.25, 0.3) is 43.8 Å². The largest absolute Gasteiger partial charge is 0.457 e. The van der Waals surface area contributed by atoms with Gasteiger partial charge in [-0.2, -0.15) is 0 Å². The number of para-hydroxylation sites is 2. The molecule has 11 rings (SSSR count). The molecule has 53 heavy (non-hydrogen) atoms. The molecule has 0 fully saturated rings. The van der Waals surface area contributed by atoms with E-state index in [9.17, 15) is 0 Å². The molecule has 0 N–H and O–H groups in total. The van der Waals surface area contributed by atoms with Crippen molar-refractivity contribution < 1.29 is 4.74 Å². The van der Waals surface area contributed by atoms with Gasteiger partial charge in [-0.3, -0.25) is 0 Å². The van der Waals surface area contributed by atoms with Crippen LogP contribution in [0, 0.1) is 0 Å². The molecule has 2 aliphatic rings. The Morgan fingerprint density at radius 2 is 0.887 bits per heavy atom. The monoisotopic (exact) mass is 675 g/mol. The van der Waals surface area contributed by atoms with Crippen LogP contribution in [0.5, 0.6) is 11.5 Å². The molecule has 0 amide bonds. The Kier molecular flexibility index (Phi) is 6.50. The zero-order valence-corrected chi connectivity index (χ0v) is 28.9. The van der Waals surface area contributed by atoms with E-state index in [-0.39, 0.29) is 0 Å². The highest BCUT2D eigenvalue weighted by Crippen LogP contribution is 2.62. The topological polar surface area (TPSA) is 12.5 Å². The number of hydrogen-bond acceptors (Lipinski definition) is 2. The van der Waals surface area contributed by atoms with Gasteiger partial charge in [-0.1, -0.05) is 152 Å². The Morgan fingerprint density at radius 3 is 1.68 bits per heavy atom. The van der Waals surface area contributed by atoms with E-state index in [4.69, 9.17) is 4.74 Å². The van der Waals surface area contributed by atoms with Crippen LogP contribution in [0.2, 0.25) is 0 Å². The van der Waals surface area contributed by atoms with Gasteiger partial charge in [-0.25, -0.2) is 0 Å². The highest BCUT2D eigenvalue weighted by Gasteiger charge is 2.51. The number of nitrogens with zero attached hydrogens (tertiary/aromatic N) is 1. The summed E-state index contributed by atoms with van der Waals surface area (Å²) in [6.07, 6.45) is 0. The van der Waals surface area contributed by atoms with Gasteiger partial charge in [-0.15, -0.1) is 0 Å². The summed E-state index contributed by atoms with van der Waals surface area (Å²) in [6, 6.07) is 72.7. The van der Waals surface area contributed by atoms with Crippen LogP contribution in [0.3, 0.4) is 0 Å². The zero-order chi connectivity index (χ0) is 34.9. The van der Waals surface area contributed by atoms with E-state index in [0.717, 1.165) is 28.6 Å². The van der Waals surface area contributed by atoms with Crippen molar-refractivity contribution in [2.24, 2.45) is 0 Å². The number of ether oxygens (including phenoxy) is 1. The third-order valence-corrected chi connectivity index (χ3v) is 11.3. The molecule has 1 aliphatic heterocycles. The first-order valence-corrected chi connectivity index (χ1v) is 18.3. The minimum absolute atomic E-state index is 0.543. The zero-order valence-electron chi connectivity index (χ0n) is 28.9. The van der Waals surface area contributed by atoms with Crippen LogP contribution in [-0.4, -0.2) is 0 Å². The van der Waals surface area contributed by atoms with Gasteiger partial charge in [0, 0.05) is 28.2 Å². The SMILES string of the molecule is c1ccc(-c2ccc(N(c3ccc4c(c3)C3(c5ccccc5Oc5ccccc53)c3ccccc3-4)c3ccc4c(ccc5ccccc54)c3)cc2)cc1. The molecule has 9 aromatic rings. The summed E-state index contributed by atoms with van der Waals surface area (Å²) in [5.74, 6) is 1.80. The number of hydrogen-bond donors (Lipinski definition) is 0. The van der Waals surface area contributed by atoms with E-state index in [0.29, 0.717) is 0 Å². The normalized spacial score (nSPS) is 13.2. The molecule has 0 unspecified atom stereocenters. The summed E-state index contributed by atoms with van der Waals surface area (Å²) >= 11 is 0. The Morgan fingerprint density at radius 1 is 0.340 bits per heavy atom. The molecular weight excluding hydrogens is 643 g/mol. The lowest BCUT2D eigenvalue weighted by atomic mass is 9.66.